The lowest BCUT2D eigenvalue weighted by Gasteiger charge is -2.10. The maximum atomic E-state index is 14.9. The van der Waals surface area contributed by atoms with Crippen LogP contribution in [0.25, 0.3) is 21.5 Å². The Morgan fingerprint density at radius 1 is 0.828 bits per heavy atom. The second kappa shape index (κ2) is 9.15. The van der Waals surface area contributed by atoms with Crippen molar-refractivity contribution in [2.24, 2.45) is 0 Å². The first-order valence-corrected chi connectivity index (χ1v) is 9.24. The molecule has 0 amide bonds. The molecule has 0 aliphatic rings. The van der Waals surface area contributed by atoms with Gasteiger partial charge in [-0.05, 0) is 27.3 Å². The molecule has 5 heteroatoms. The van der Waals surface area contributed by atoms with Gasteiger partial charge in [-0.3, -0.25) is 0 Å². The lowest BCUT2D eigenvalue weighted by atomic mass is 9.97. The molecule has 0 saturated heterocycles. The number of ether oxygens (including phenoxy) is 2. The molecule has 29 heavy (non-hydrogen) atoms. The first-order chi connectivity index (χ1) is 14.0. The molecule has 0 atom stereocenters. The number of carbonyl (C=O) groups is 2. The minimum atomic E-state index is -0.521. The summed E-state index contributed by atoms with van der Waals surface area (Å²) in [6.07, 6.45) is 3.10. The van der Waals surface area contributed by atoms with Gasteiger partial charge in [-0.1, -0.05) is 55.6 Å². The normalized spacial score (nSPS) is 10.7. The van der Waals surface area contributed by atoms with Crippen LogP contribution in [0.3, 0.4) is 0 Å². The predicted octanol–water partition coefficient (Wildman–Crippen LogP) is 4.68. The maximum absolute atomic E-state index is 14.9. The number of hydrogen-bond acceptors (Lipinski definition) is 4. The Morgan fingerprint density at radius 2 is 1.45 bits per heavy atom. The lowest BCUT2D eigenvalue weighted by Crippen LogP contribution is -2.05. The monoisotopic (exact) mass is 392 g/mol. The van der Waals surface area contributed by atoms with Crippen molar-refractivity contribution in [2.45, 2.75) is 12.8 Å². The van der Waals surface area contributed by atoms with E-state index in [2.05, 4.69) is 13.2 Å². The van der Waals surface area contributed by atoms with Crippen molar-refractivity contribution in [1.82, 2.24) is 0 Å². The van der Waals surface area contributed by atoms with Gasteiger partial charge in [-0.2, -0.15) is 0 Å². The number of hydrogen-bond donors (Lipinski definition) is 0. The van der Waals surface area contributed by atoms with Crippen LogP contribution in [0.15, 0.2) is 67.8 Å². The molecule has 0 aromatic heterocycles. The number of halogens is 1. The van der Waals surface area contributed by atoms with E-state index in [0.717, 1.165) is 33.9 Å². The molecule has 0 aliphatic carbocycles. The van der Waals surface area contributed by atoms with E-state index in [4.69, 9.17) is 9.47 Å². The fourth-order valence-electron chi connectivity index (χ4n) is 3.20. The van der Waals surface area contributed by atoms with Gasteiger partial charge in [0.15, 0.2) is 0 Å². The average molecular weight is 392 g/mol. The Morgan fingerprint density at radius 3 is 2.14 bits per heavy atom. The first kappa shape index (κ1) is 20.3. The molecular formula is C24H21FO4. The molecule has 0 radical (unpaired) electrons. The second-order valence-corrected chi connectivity index (χ2v) is 6.50. The third kappa shape index (κ3) is 4.69. The summed E-state index contributed by atoms with van der Waals surface area (Å²) in [6, 6.07) is 13.2. The second-order valence-electron chi connectivity index (χ2n) is 6.50. The van der Waals surface area contributed by atoms with Gasteiger partial charge in [0, 0.05) is 30.4 Å². The number of rotatable bonds is 8. The van der Waals surface area contributed by atoms with Crippen LogP contribution in [0.2, 0.25) is 0 Å². The highest BCUT2D eigenvalue weighted by atomic mass is 19.1. The summed E-state index contributed by atoms with van der Waals surface area (Å²) in [7, 11) is 0. The Hall–Kier alpha value is -3.47. The lowest BCUT2D eigenvalue weighted by molar-refractivity contribution is -0.138. The summed E-state index contributed by atoms with van der Waals surface area (Å²) >= 11 is 0. The van der Waals surface area contributed by atoms with Gasteiger partial charge in [0.05, 0.1) is 13.2 Å². The molecule has 3 aromatic rings. The van der Waals surface area contributed by atoms with E-state index in [1.54, 1.807) is 12.1 Å². The van der Waals surface area contributed by atoms with Crippen molar-refractivity contribution >= 4 is 33.5 Å². The highest BCUT2D eigenvalue weighted by Gasteiger charge is 2.11. The molecule has 0 N–H and O–H groups in total. The van der Waals surface area contributed by atoms with E-state index in [9.17, 15) is 14.0 Å². The molecule has 0 heterocycles. The molecule has 148 valence electrons. The Kier molecular flexibility index (Phi) is 6.39. The summed E-state index contributed by atoms with van der Waals surface area (Å²) in [5, 5.41) is 3.27. The molecule has 0 fully saturated rings. The predicted molar refractivity (Wildman–Crippen MR) is 111 cm³/mol. The van der Waals surface area contributed by atoms with Crippen LogP contribution in [-0.2, 0) is 31.9 Å². The van der Waals surface area contributed by atoms with Gasteiger partial charge in [0.25, 0.3) is 0 Å². The van der Waals surface area contributed by atoms with Crippen molar-refractivity contribution < 1.29 is 23.5 Å². The van der Waals surface area contributed by atoms with Crippen LogP contribution in [-0.4, -0.2) is 25.2 Å². The van der Waals surface area contributed by atoms with Crippen molar-refractivity contribution in [2.75, 3.05) is 13.2 Å². The summed E-state index contributed by atoms with van der Waals surface area (Å²) in [5.41, 5.74) is 1.52. The molecule has 3 aromatic carbocycles. The Balaban J connectivity index is 1.82. The van der Waals surface area contributed by atoms with Crippen molar-refractivity contribution in [3.05, 3.63) is 84.7 Å². The van der Waals surface area contributed by atoms with Crippen molar-refractivity contribution in [3.63, 3.8) is 0 Å². The SMILES string of the molecule is C=CC(=O)OCCc1ccc2c(ccc3c(F)c(CCOC(=O)C=C)ccc32)c1. The third-order valence-corrected chi connectivity index (χ3v) is 4.68. The van der Waals surface area contributed by atoms with Gasteiger partial charge >= 0.3 is 11.9 Å². The van der Waals surface area contributed by atoms with Gasteiger partial charge < -0.3 is 9.47 Å². The topological polar surface area (TPSA) is 52.6 Å². The zero-order chi connectivity index (χ0) is 20.8. The maximum Gasteiger partial charge on any atom is 0.330 e. The standard InChI is InChI=1S/C24H21FO4/c1-3-22(26)28-13-11-16-5-8-19-18(15-16)7-10-21-20(19)9-6-17(24(21)25)12-14-29-23(27)4-2/h3-10,15H,1-2,11-14H2. The number of esters is 2. The highest BCUT2D eigenvalue weighted by Crippen LogP contribution is 2.29. The molecule has 0 aliphatic heterocycles. The molecule has 0 saturated carbocycles. The van der Waals surface area contributed by atoms with Crippen LogP contribution in [0.5, 0.6) is 0 Å². The van der Waals surface area contributed by atoms with Crippen LogP contribution >= 0.6 is 0 Å². The van der Waals surface area contributed by atoms with E-state index in [1.807, 2.05) is 30.3 Å². The number of fused-ring (bicyclic) bond motifs is 3. The van der Waals surface area contributed by atoms with E-state index in [-0.39, 0.29) is 19.0 Å². The summed E-state index contributed by atoms with van der Waals surface area (Å²) < 4.78 is 24.9. The molecular weight excluding hydrogens is 371 g/mol. The molecule has 0 spiro atoms. The first-order valence-electron chi connectivity index (χ1n) is 9.24. The molecule has 4 nitrogen and oxygen atoms in total. The van der Waals surface area contributed by atoms with Gasteiger partial charge in [-0.15, -0.1) is 0 Å². The fraction of sp³-hybridized carbons (Fsp3) is 0.167. The number of benzene rings is 3. The smallest absolute Gasteiger partial charge is 0.330 e. The summed E-state index contributed by atoms with van der Waals surface area (Å²) in [5.74, 6) is -1.27. The van der Waals surface area contributed by atoms with E-state index in [1.165, 1.54) is 0 Å². The minimum absolute atomic E-state index is 0.0979. The quantitative estimate of drug-likeness (QED) is 0.317. The Bertz CT molecular complexity index is 1100. The van der Waals surface area contributed by atoms with Crippen molar-refractivity contribution in [1.29, 1.82) is 0 Å². The average Bonchev–Trinajstić information content (AvgIpc) is 2.74. The van der Waals surface area contributed by atoms with Gasteiger partial charge in [0.1, 0.15) is 5.82 Å². The van der Waals surface area contributed by atoms with Crippen LogP contribution in [0, 0.1) is 5.82 Å². The van der Waals surface area contributed by atoms with E-state index in [0.29, 0.717) is 23.8 Å². The summed E-state index contributed by atoms with van der Waals surface area (Å²) in [4.78, 5) is 22.3. The van der Waals surface area contributed by atoms with E-state index < -0.39 is 11.9 Å². The molecule has 0 bridgehead atoms. The van der Waals surface area contributed by atoms with Gasteiger partial charge in [0.2, 0.25) is 0 Å². The summed E-state index contributed by atoms with van der Waals surface area (Å²) in [6.45, 7) is 7.07. The molecule has 0 unspecified atom stereocenters. The fourth-order valence-corrected chi connectivity index (χ4v) is 3.20. The number of carbonyl (C=O) groups excluding carboxylic acids is 2. The molecule has 3 rings (SSSR count). The Labute approximate surface area is 168 Å². The van der Waals surface area contributed by atoms with Crippen LogP contribution < -0.4 is 0 Å². The largest absolute Gasteiger partial charge is 0.462 e. The third-order valence-electron chi connectivity index (χ3n) is 4.68. The zero-order valence-corrected chi connectivity index (χ0v) is 15.9. The highest BCUT2D eigenvalue weighted by molar-refractivity contribution is 6.08. The van der Waals surface area contributed by atoms with E-state index >= 15 is 0 Å². The minimum Gasteiger partial charge on any atom is -0.462 e. The zero-order valence-electron chi connectivity index (χ0n) is 15.9. The van der Waals surface area contributed by atoms with Crippen LogP contribution in [0.4, 0.5) is 4.39 Å². The van der Waals surface area contributed by atoms with Gasteiger partial charge in [-0.25, -0.2) is 14.0 Å². The van der Waals surface area contributed by atoms with Crippen LogP contribution in [0.1, 0.15) is 11.1 Å². The van der Waals surface area contributed by atoms with Crippen molar-refractivity contribution in [3.8, 4) is 0 Å².